The fraction of sp³-hybridized carbons (Fsp3) is 0.417. The van der Waals surface area contributed by atoms with E-state index in [9.17, 15) is 4.79 Å². The molecule has 1 aromatic rings. The molecule has 0 atom stereocenters. The van der Waals surface area contributed by atoms with Gasteiger partial charge in [-0.25, -0.2) is 4.79 Å². The number of nitrogens with zero attached hydrogens (tertiary/aromatic N) is 1. The van der Waals surface area contributed by atoms with Crippen LogP contribution in [0.2, 0.25) is 0 Å². The third-order valence-electron chi connectivity index (χ3n) is 2.29. The van der Waals surface area contributed by atoms with Crippen molar-refractivity contribution in [2.45, 2.75) is 13.8 Å². The van der Waals surface area contributed by atoms with Gasteiger partial charge in [0.1, 0.15) is 5.75 Å². The highest BCUT2D eigenvalue weighted by Gasteiger charge is 2.11. The van der Waals surface area contributed by atoms with Gasteiger partial charge in [-0.15, -0.1) is 0 Å². The van der Waals surface area contributed by atoms with Gasteiger partial charge in [-0.3, -0.25) is 4.90 Å². The lowest BCUT2D eigenvalue weighted by molar-refractivity contribution is 0.180. The fourth-order valence-electron chi connectivity index (χ4n) is 1.40. The minimum Gasteiger partial charge on any atom is -0.494 e. The highest BCUT2D eigenvalue weighted by molar-refractivity contribution is 5.87. The first-order valence-electron chi connectivity index (χ1n) is 5.15. The number of aryl methyl sites for hydroxylation is 1. The quantitative estimate of drug-likeness (QED) is 0.790. The van der Waals surface area contributed by atoms with Gasteiger partial charge in [-0.2, -0.15) is 0 Å². The summed E-state index contributed by atoms with van der Waals surface area (Å²) in [6.07, 6.45) is -0.386. The zero-order valence-corrected chi connectivity index (χ0v) is 10.1. The molecule has 0 spiro atoms. The van der Waals surface area contributed by atoms with Gasteiger partial charge < -0.3 is 9.47 Å². The molecule has 0 aromatic heterocycles. The monoisotopic (exact) mass is 223 g/mol. The molecule has 88 valence electrons. The Hall–Kier alpha value is -1.71. The van der Waals surface area contributed by atoms with Gasteiger partial charge in [0.25, 0.3) is 0 Å². The number of carbonyl (C=O) groups is 1. The molecular weight excluding hydrogens is 206 g/mol. The number of anilines is 1. The normalized spacial score (nSPS) is 9.75. The van der Waals surface area contributed by atoms with Crippen LogP contribution in [-0.4, -0.2) is 26.9 Å². The lowest BCUT2D eigenvalue weighted by atomic mass is 10.2. The second-order valence-corrected chi connectivity index (χ2v) is 3.41. The van der Waals surface area contributed by atoms with Gasteiger partial charge in [-0.1, -0.05) is 0 Å². The van der Waals surface area contributed by atoms with Crippen LogP contribution in [0.25, 0.3) is 0 Å². The van der Waals surface area contributed by atoms with E-state index < -0.39 is 0 Å². The van der Waals surface area contributed by atoms with E-state index in [-0.39, 0.29) is 6.09 Å². The number of carbonyl (C=O) groups excluding carboxylic acids is 1. The zero-order chi connectivity index (χ0) is 12.1. The molecule has 0 N–H and O–H groups in total. The molecule has 0 saturated heterocycles. The van der Waals surface area contributed by atoms with Crippen molar-refractivity contribution in [2.75, 3.05) is 25.7 Å². The summed E-state index contributed by atoms with van der Waals surface area (Å²) in [5.41, 5.74) is 1.78. The smallest absolute Gasteiger partial charge is 0.413 e. The van der Waals surface area contributed by atoms with Crippen molar-refractivity contribution in [3.8, 4) is 5.75 Å². The summed E-state index contributed by atoms with van der Waals surface area (Å²) >= 11 is 0. The van der Waals surface area contributed by atoms with Crippen LogP contribution in [-0.2, 0) is 4.74 Å². The van der Waals surface area contributed by atoms with Crippen molar-refractivity contribution in [1.82, 2.24) is 0 Å². The van der Waals surface area contributed by atoms with Crippen molar-refractivity contribution < 1.29 is 14.3 Å². The Morgan fingerprint density at radius 3 is 2.62 bits per heavy atom. The van der Waals surface area contributed by atoms with Crippen LogP contribution in [0.15, 0.2) is 18.2 Å². The average Bonchev–Trinajstić information content (AvgIpc) is 2.30. The van der Waals surface area contributed by atoms with E-state index in [1.165, 1.54) is 12.0 Å². The number of ether oxygens (including phenoxy) is 2. The van der Waals surface area contributed by atoms with Crippen LogP contribution in [0.3, 0.4) is 0 Å². The van der Waals surface area contributed by atoms with Crippen LogP contribution < -0.4 is 9.64 Å². The minimum atomic E-state index is -0.386. The van der Waals surface area contributed by atoms with E-state index in [0.29, 0.717) is 6.61 Å². The molecular formula is C12H17NO3. The van der Waals surface area contributed by atoms with E-state index >= 15 is 0 Å². The van der Waals surface area contributed by atoms with Gasteiger partial charge in [0, 0.05) is 12.7 Å². The van der Waals surface area contributed by atoms with Crippen molar-refractivity contribution in [3.63, 3.8) is 0 Å². The Bertz CT molecular complexity index is 377. The summed E-state index contributed by atoms with van der Waals surface area (Å²) in [7, 11) is 3.03. The highest BCUT2D eigenvalue weighted by atomic mass is 16.5. The Kier molecular flexibility index (Phi) is 4.17. The topological polar surface area (TPSA) is 38.8 Å². The molecule has 1 aromatic carbocycles. The standard InChI is InChI=1S/C12H17NO3/c1-5-16-11-7-6-10(8-9(11)2)13(3)12(14)15-4/h6-8H,5H2,1-4H3. The Morgan fingerprint density at radius 2 is 2.12 bits per heavy atom. The van der Waals surface area contributed by atoms with Crippen LogP contribution >= 0.6 is 0 Å². The number of benzene rings is 1. The molecule has 4 heteroatoms. The predicted octanol–water partition coefficient (Wildman–Crippen LogP) is 2.60. The fourth-order valence-corrected chi connectivity index (χ4v) is 1.40. The number of rotatable bonds is 3. The minimum absolute atomic E-state index is 0.386. The number of hydrogen-bond acceptors (Lipinski definition) is 3. The first kappa shape index (κ1) is 12.4. The summed E-state index contributed by atoms with van der Waals surface area (Å²) in [5, 5.41) is 0. The van der Waals surface area contributed by atoms with Crippen molar-refractivity contribution in [2.24, 2.45) is 0 Å². The Morgan fingerprint density at radius 1 is 1.44 bits per heavy atom. The van der Waals surface area contributed by atoms with Crippen LogP contribution in [0.4, 0.5) is 10.5 Å². The predicted molar refractivity (Wildman–Crippen MR) is 63.2 cm³/mol. The number of amides is 1. The zero-order valence-electron chi connectivity index (χ0n) is 10.1. The molecule has 0 heterocycles. The molecule has 0 aliphatic heterocycles. The first-order chi connectivity index (χ1) is 7.60. The van der Waals surface area contributed by atoms with Crippen LogP contribution in [0.5, 0.6) is 5.75 Å². The molecule has 1 rings (SSSR count). The summed E-state index contributed by atoms with van der Waals surface area (Å²) in [6.45, 7) is 4.51. The number of methoxy groups -OCH3 is 1. The molecule has 1 amide bonds. The van der Waals surface area contributed by atoms with Gasteiger partial charge in [-0.05, 0) is 37.6 Å². The first-order valence-corrected chi connectivity index (χ1v) is 5.15. The van der Waals surface area contributed by atoms with Gasteiger partial charge in [0.05, 0.1) is 13.7 Å². The summed E-state index contributed by atoms with van der Waals surface area (Å²) in [4.78, 5) is 12.8. The van der Waals surface area contributed by atoms with Crippen molar-refractivity contribution >= 4 is 11.8 Å². The van der Waals surface area contributed by atoms with Crippen LogP contribution in [0, 0.1) is 6.92 Å². The third kappa shape index (κ3) is 2.66. The van der Waals surface area contributed by atoms with Crippen molar-refractivity contribution in [3.05, 3.63) is 23.8 Å². The molecule has 0 aliphatic carbocycles. The lowest BCUT2D eigenvalue weighted by Gasteiger charge is -2.17. The van der Waals surface area contributed by atoms with E-state index in [0.717, 1.165) is 17.0 Å². The number of hydrogen-bond donors (Lipinski definition) is 0. The molecule has 0 saturated carbocycles. The highest BCUT2D eigenvalue weighted by Crippen LogP contribution is 2.24. The summed E-state index contributed by atoms with van der Waals surface area (Å²) < 4.78 is 10.1. The average molecular weight is 223 g/mol. The SMILES string of the molecule is CCOc1ccc(N(C)C(=O)OC)cc1C. The van der Waals surface area contributed by atoms with Gasteiger partial charge in [0.2, 0.25) is 0 Å². The third-order valence-corrected chi connectivity index (χ3v) is 2.29. The van der Waals surface area contributed by atoms with E-state index in [2.05, 4.69) is 4.74 Å². The Labute approximate surface area is 95.8 Å². The van der Waals surface area contributed by atoms with E-state index in [1.807, 2.05) is 32.0 Å². The molecule has 16 heavy (non-hydrogen) atoms. The van der Waals surface area contributed by atoms with E-state index in [4.69, 9.17) is 4.74 Å². The molecule has 0 aliphatic rings. The largest absolute Gasteiger partial charge is 0.494 e. The maximum absolute atomic E-state index is 11.3. The summed E-state index contributed by atoms with van der Waals surface area (Å²) in [5.74, 6) is 0.838. The second kappa shape index (κ2) is 5.39. The van der Waals surface area contributed by atoms with Crippen LogP contribution in [0.1, 0.15) is 12.5 Å². The molecule has 0 radical (unpaired) electrons. The molecule has 0 bridgehead atoms. The summed E-state index contributed by atoms with van der Waals surface area (Å²) in [6, 6.07) is 5.57. The second-order valence-electron chi connectivity index (χ2n) is 3.41. The van der Waals surface area contributed by atoms with Gasteiger partial charge in [0.15, 0.2) is 0 Å². The lowest BCUT2D eigenvalue weighted by Crippen LogP contribution is -2.25. The van der Waals surface area contributed by atoms with Gasteiger partial charge >= 0.3 is 6.09 Å². The Balaban J connectivity index is 2.92. The maximum Gasteiger partial charge on any atom is 0.413 e. The van der Waals surface area contributed by atoms with E-state index in [1.54, 1.807) is 7.05 Å². The molecule has 0 fully saturated rings. The molecule has 4 nitrogen and oxygen atoms in total. The molecule has 0 unspecified atom stereocenters. The maximum atomic E-state index is 11.3. The van der Waals surface area contributed by atoms with Crippen molar-refractivity contribution in [1.29, 1.82) is 0 Å².